The maximum Gasteiger partial charge on any atom is 0.264 e. The molecule has 160 valence electrons. The number of nitrogens with one attached hydrogen (secondary N) is 2. The van der Waals surface area contributed by atoms with E-state index in [-0.39, 0.29) is 37.2 Å². The van der Waals surface area contributed by atoms with Gasteiger partial charge in [0.15, 0.2) is 5.52 Å². The van der Waals surface area contributed by atoms with E-state index in [9.17, 15) is 16.8 Å². The van der Waals surface area contributed by atoms with Gasteiger partial charge in [-0.1, -0.05) is 29.3 Å². The van der Waals surface area contributed by atoms with Crippen LogP contribution < -0.4 is 9.44 Å². The van der Waals surface area contributed by atoms with Gasteiger partial charge in [-0.25, -0.2) is 21.5 Å². The lowest BCUT2D eigenvalue weighted by Crippen LogP contribution is -2.15. The van der Waals surface area contributed by atoms with Crippen LogP contribution in [-0.4, -0.2) is 27.1 Å². The number of hydrogen-bond acceptors (Lipinski definition) is 7. The van der Waals surface area contributed by atoms with Crippen LogP contribution in [0.2, 0.25) is 10.0 Å². The van der Waals surface area contributed by atoms with Gasteiger partial charge >= 0.3 is 0 Å². The van der Waals surface area contributed by atoms with E-state index in [2.05, 4.69) is 24.4 Å². The minimum atomic E-state index is -4.02. The maximum atomic E-state index is 12.7. The van der Waals surface area contributed by atoms with E-state index in [1.54, 1.807) is 6.07 Å². The summed E-state index contributed by atoms with van der Waals surface area (Å²) in [6, 6.07) is 13.9. The lowest BCUT2D eigenvalue weighted by Gasteiger charge is -2.11. The number of halogens is 2. The molecule has 0 aliphatic heterocycles. The lowest BCUT2D eigenvalue weighted by atomic mass is 10.3. The van der Waals surface area contributed by atoms with Gasteiger partial charge < -0.3 is 0 Å². The van der Waals surface area contributed by atoms with E-state index >= 15 is 0 Å². The van der Waals surface area contributed by atoms with Crippen LogP contribution in [0, 0.1) is 0 Å². The molecule has 9 nitrogen and oxygen atoms in total. The zero-order valence-corrected chi connectivity index (χ0v) is 18.4. The zero-order valence-electron chi connectivity index (χ0n) is 15.3. The number of anilines is 2. The molecule has 0 saturated heterocycles. The number of aromatic nitrogens is 2. The molecule has 1 heterocycles. The molecule has 0 atom stereocenters. The molecule has 0 unspecified atom stereocenters. The Morgan fingerprint density at radius 1 is 0.742 bits per heavy atom. The van der Waals surface area contributed by atoms with Gasteiger partial charge in [-0.15, -0.1) is 0 Å². The Kier molecular flexibility index (Phi) is 5.52. The molecule has 13 heteroatoms. The van der Waals surface area contributed by atoms with E-state index < -0.39 is 20.0 Å². The van der Waals surface area contributed by atoms with Gasteiger partial charge in [0, 0.05) is 5.69 Å². The van der Waals surface area contributed by atoms with E-state index in [0.717, 1.165) is 0 Å². The summed E-state index contributed by atoms with van der Waals surface area (Å²) in [4.78, 5) is -0.200. The number of nitrogens with zero attached hydrogens (tertiary/aromatic N) is 2. The molecule has 0 amide bonds. The molecule has 4 rings (SSSR count). The van der Waals surface area contributed by atoms with Crippen molar-refractivity contribution in [3.63, 3.8) is 0 Å². The normalized spacial score (nSPS) is 12.1. The molecular formula is C18H12Cl2N4O5S2. The van der Waals surface area contributed by atoms with Gasteiger partial charge in [-0.2, -0.15) is 0 Å². The van der Waals surface area contributed by atoms with Crippen LogP contribution in [0.15, 0.2) is 75.1 Å². The fourth-order valence-electron chi connectivity index (χ4n) is 2.68. The van der Waals surface area contributed by atoms with Crippen molar-refractivity contribution >= 4 is 65.7 Å². The first-order valence-corrected chi connectivity index (χ1v) is 12.2. The monoisotopic (exact) mass is 498 g/mol. The first-order valence-electron chi connectivity index (χ1n) is 8.48. The highest BCUT2D eigenvalue weighted by atomic mass is 35.5. The quantitative estimate of drug-likeness (QED) is 0.408. The Hall–Kier alpha value is -2.86. The van der Waals surface area contributed by atoms with Crippen molar-refractivity contribution in [2.45, 2.75) is 9.79 Å². The Balaban J connectivity index is 1.56. The van der Waals surface area contributed by atoms with Crippen molar-refractivity contribution in [1.82, 2.24) is 10.3 Å². The minimum absolute atomic E-state index is 0.0793. The molecule has 3 aromatic carbocycles. The van der Waals surface area contributed by atoms with Crippen LogP contribution in [0.1, 0.15) is 0 Å². The second-order valence-electron chi connectivity index (χ2n) is 6.25. The first kappa shape index (κ1) is 21.4. The van der Waals surface area contributed by atoms with Gasteiger partial charge in [0.25, 0.3) is 20.0 Å². The summed E-state index contributed by atoms with van der Waals surface area (Å²) in [5.41, 5.74) is 0.758. The van der Waals surface area contributed by atoms with Crippen LogP contribution in [0.3, 0.4) is 0 Å². The lowest BCUT2D eigenvalue weighted by molar-refractivity contribution is 0.315. The SMILES string of the molecule is O=S(=O)(Nc1ccc(Cl)c(Cl)c1)c1ccc(NS(=O)(=O)c2cccc3nonc23)cc1. The van der Waals surface area contributed by atoms with Gasteiger partial charge in [0.1, 0.15) is 10.4 Å². The van der Waals surface area contributed by atoms with Gasteiger partial charge in [0.05, 0.1) is 20.6 Å². The van der Waals surface area contributed by atoms with Gasteiger partial charge in [0.2, 0.25) is 0 Å². The van der Waals surface area contributed by atoms with Gasteiger partial charge in [-0.05, 0) is 64.9 Å². The Labute approximate surface area is 187 Å². The summed E-state index contributed by atoms with van der Waals surface area (Å²) in [7, 11) is -7.96. The number of fused-ring (bicyclic) bond motifs is 1. The number of sulfonamides is 2. The fourth-order valence-corrected chi connectivity index (χ4v) is 5.24. The Morgan fingerprint density at radius 2 is 1.42 bits per heavy atom. The van der Waals surface area contributed by atoms with E-state index in [1.165, 1.54) is 54.6 Å². The predicted octanol–water partition coefficient (Wildman–Crippen LogP) is 4.13. The molecule has 1 aromatic heterocycles. The predicted molar refractivity (Wildman–Crippen MR) is 116 cm³/mol. The van der Waals surface area contributed by atoms with Crippen molar-refractivity contribution < 1.29 is 21.5 Å². The van der Waals surface area contributed by atoms with Crippen molar-refractivity contribution in [3.8, 4) is 0 Å². The highest BCUT2D eigenvalue weighted by molar-refractivity contribution is 7.93. The van der Waals surface area contributed by atoms with Crippen molar-refractivity contribution in [2.75, 3.05) is 9.44 Å². The summed E-state index contributed by atoms with van der Waals surface area (Å²) < 4.78 is 59.9. The second kappa shape index (κ2) is 8.00. The molecule has 0 aliphatic rings. The number of rotatable bonds is 6. The standard InChI is InChI=1S/C18H12Cl2N4O5S2/c19-14-9-6-12(10-15(14)20)24-30(25,26)13-7-4-11(5-8-13)23-31(27,28)17-3-1-2-16-18(17)22-29-21-16/h1-10,23-24H. The maximum absolute atomic E-state index is 12.7. The molecule has 31 heavy (non-hydrogen) atoms. The summed E-state index contributed by atoms with van der Waals surface area (Å²) in [5.74, 6) is 0. The Morgan fingerprint density at radius 3 is 2.13 bits per heavy atom. The zero-order chi connectivity index (χ0) is 22.2. The molecule has 0 aliphatic carbocycles. The Bertz CT molecular complexity index is 1490. The summed E-state index contributed by atoms with van der Waals surface area (Å²) >= 11 is 11.7. The van der Waals surface area contributed by atoms with Crippen molar-refractivity contribution in [3.05, 3.63) is 70.7 Å². The molecule has 0 spiro atoms. The third kappa shape index (κ3) is 4.44. The van der Waals surface area contributed by atoms with E-state index in [0.29, 0.717) is 5.02 Å². The molecule has 0 radical (unpaired) electrons. The van der Waals surface area contributed by atoms with Crippen LogP contribution in [0.4, 0.5) is 11.4 Å². The smallest absolute Gasteiger partial charge is 0.264 e. The summed E-state index contributed by atoms with van der Waals surface area (Å²) in [6.45, 7) is 0. The number of hydrogen-bond donors (Lipinski definition) is 2. The van der Waals surface area contributed by atoms with Crippen LogP contribution in [0.25, 0.3) is 11.0 Å². The molecule has 2 N–H and O–H groups in total. The summed E-state index contributed by atoms with van der Waals surface area (Å²) in [6.07, 6.45) is 0. The molecule has 4 aromatic rings. The third-order valence-electron chi connectivity index (χ3n) is 4.13. The number of benzene rings is 3. The van der Waals surface area contributed by atoms with Crippen LogP contribution in [0.5, 0.6) is 0 Å². The van der Waals surface area contributed by atoms with Crippen molar-refractivity contribution in [1.29, 1.82) is 0 Å². The van der Waals surface area contributed by atoms with Crippen LogP contribution in [-0.2, 0) is 20.0 Å². The minimum Gasteiger partial charge on any atom is -0.280 e. The largest absolute Gasteiger partial charge is 0.280 e. The average Bonchev–Trinajstić information content (AvgIpc) is 3.19. The molecule has 0 fully saturated rings. The second-order valence-corrected chi connectivity index (χ2v) is 10.4. The van der Waals surface area contributed by atoms with E-state index in [4.69, 9.17) is 23.2 Å². The topological polar surface area (TPSA) is 131 Å². The molecule has 0 saturated carbocycles. The summed E-state index contributed by atoms with van der Waals surface area (Å²) in [5, 5.41) is 7.72. The molecule has 0 bridgehead atoms. The average molecular weight is 499 g/mol. The highest BCUT2D eigenvalue weighted by Crippen LogP contribution is 2.27. The van der Waals surface area contributed by atoms with Crippen LogP contribution >= 0.6 is 23.2 Å². The first-order chi connectivity index (χ1) is 14.7. The van der Waals surface area contributed by atoms with Crippen molar-refractivity contribution in [2.24, 2.45) is 0 Å². The van der Waals surface area contributed by atoms with E-state index in [1.807, 2.05) is 0 Å². The fraction of sp³-hybridized carbons (Fsp3) is 0. The van der Waals surface area contributed by atoms with Gasteiger partial charge in [-0.3, -0.25) is 9.44 Å². The highest BCUT2D eigenvalue weighted by Gasteiger charge is 2.21. The molecular weight excluding hydrogens is 487 g/mol. The third-order valence-corrected chi connectivity index (χ3v) is 7.68.